The van der Waals surface area contributed by atoms with Crippen LogP contribution in [0.3, 0.4) is 0 Å². The SMILES string of the molecule is Cc1ccc([N+](=O)[O-])cc1NC(=O)CN1CCc2sccc2C1. The highest BCUT2D eigenvalue weighted by atomic mass is 32.1. The van der Waals surface area contributed by atoms with E-state index in [1.807, 2.05) is 6.92 Å². The van der Waals surface area contributed by atoms with E-state index in [4.69, 9.17) is 0 Å². The number of nitro groups is 1. The third-order valence-corrected chi connectivity index (χ3v) is 4.98. The van der Waals surface area contributed by atoms with Gasteiger partial charge in [0.1, 0.15) is 0 Å². The highest BCUT2D eigenvalue weighted by Crippen LogP contribution is 2.24. The number of benzene rings is 1. The molecule has 23 heavy (non-hydrogen) atoms. The number of carbonyl (C=O) groups is 1. The third-order valence-electron chi connectivity index (χ3n) is 3.96. The van der Waals surface area contributed by atoms with Crippen LogP contribution < -0.4 is 5.32 Å². The van der Waals surface area contributed by atoms with Gasteiger partial charge in [-0.2, -0.15) is 0 Å². The Labute approximate surface area is 137 Å². The van der Waals surface area contributed by atoms with E-state index in [9.17, 15) is 14.9 Å². The van der Waals surface area contributed by atoms with Crippen LogP contribution in [0, 0.1) is 17.0 Å². The van der Waals surface area contributed by atoms with Crippen molar-refractivity contribution in [3.8, 4) is 0 Å². The van der Waals surface area contributed by atoms with Crippen molar-refractivity contribution in [1.82, 2.24) is 4.90 Å². The van der Waals surface area contributed by atoms with Crippen molar-refractivity contribution in [2.45, 2.75) is 19.9 Å². The number of hydrogen-bond donors (Lipinski definition) is 1. The van der Waals surface area contributed by atoms with E-state index < -0.39 is 4.92 Å². The lowest BCUT2D eigenvalue weighted by Crippen LogP contribution is -2.36. The van der Waals surface area contributed by atoms with E-state index in [2.05, 4.69) is 21.7 Å². The molecule has 0 bridgehead atoms. The normalized spacial score (nSPS) is 14.3. The van der Waals surface area contributed by atoms with Gasteiger partial charge >= 0.3 is 0 Å². The number of rotatable bonds is 4. The number of nitro benzene ring substituents is 1. The Balaban J connectivity index is 1.64. The molecule has 1 N–H and O–H groups in total. The van der Waals surface area contributed by atoms with Crippen LogP contribution in [0.1, 0.15) is 16.0 Å². The Morgan fingerprint density at radius 2 is 2.26 bits per heavy atom. The topological polar surface area (TPSA) is 75.5 Å². The molecule has 1 aromatic heterocycles. The molecular formula is C16H17N3O3S. The fourth-order valence-corrected chi connectivity index (χ4v) is 3.58. The number of amides is 1. The van der Waals surface area contributed by atoms with Crippen molar-refractivity contribution in [3.05, 3.63) is 55.8 Å². The van der Waals surface area contributed by atoms with Crippen molar-refractivity contribution in [1.29, 1.82) is 0 Å². The van der Waals surface area contributed by atoms with Gasteiger partial charge in [0, 0.05) is 30.1 Å². The fourth-order valence-electron chi connectivity index (χ4n) is 2.69. The van der Waals surface area contributed by atoms with Gasteiger partial charge in [0.25, 0.3) is 5.69 Å². The number of nitrogens with zero attached hydrogens (tertiary/aromatic N) is 2. The first-order valence-corrected chi connectivity index (χ1v) is 8.23. The standard InChI is InChI=1S/C16H17N3O3S/c1-11-2-3-13(19(21)22)8-14(11)17-16(20)10-18-6-4-15-12(9-18)5-7-23-15/h2-3,5,7-8H,4,6,9-10H2,1H3,(H,17,20). The summed E-state index contributed by atoms with van der Waals surface area (Å²) in [6, 6.07) is 6.59. The first-order chi connectivity index (χ1) is 11.0. The molecule has 0 spiro atoms. The summed E-state index contributed by atoms with van der Waals surface area (Å²) in [7, 11) is 0. The summed E-state index contributed by atoms with van der Waals surface area (Å²) in [6.07, 6.45) is 0.968. The molecule has 1 aliphatic heterocycles. The Morgan fingerprint density at radius 3 is 3.04 bits per heavy atom. The maximum atomic E-state index is 12.2. The molecule has 120 valence electrons. The van der Waals surface area contributed by atoms with Crippen molar-refractivity contribution in [2.75, 3.05) is 18.4 Å². The molecule has 7 heteroatoms. The third kappa shape index (κ3) is 3.57. The molecule has 1 amide bonds. The minimum absolute atomic E-state index is 0.0215. The van der Waals surface area contributed by atoms with E-state index in [-0.39, 0.29) is 18.1 Å². The number of nitrogens with one attached hydrogen (secondary N) is 1. The molecule has 0 unspecified atom stereocenters. The molecule has 2 aromatic rings. The van der Waals surface area contributed by atoms with Gasteiger partial charge in [0.15, 0.2) is 0 Å². The molecule has 0 fully saturated rings. The predicted molar refractivity (Wildman–Crippen MR) is 89.8 cm³/mol. The number of hydrogen-bond acceptors (Lipinski definition) is 5. The van der Waals surface area contributed by atoms with Gasteiger partial charge in [-0.05, 0) is 35.9 Å². The lowest BCUT2D eigenvalue weighted by Gasteiger charge is -2.26. The molecular weight excluding hydrogens is 314 g/mol. The van der Waals surface area contributed by atoms with Gasteiger partial charge in [0.05, 0.1) is 17.2 Å². The van der Waals surface area contributed by atoms with Crippen LogP contribution >= 0.6 is 11.3 Å². The summed E-state index contributed by atoms with van der Waals surface area (Å²) in [5.41, 5.74) is 2.58. The van der Waals surface area contributed by atoms with Gasteiger partial charge in [-0.25, -0.2) is 0 Å². The van der Waals surface area contributed by atoms with E-state index in [1.54, 1.807) is 17.4 Å². The molecule has 6 nitrogen and oxygen atoms in total. The zero-order valence-electron chi connectivity index (χ0n) is 12.7. The van der Waals surface area contributed by atoms with Crippen molar-refractivity contribution >= 4 is 28.6 Å². The first kappa shape index (κ1) is 15.6. The van der Waals surface area contributed by atoms with Crippen LogP contribution in [-0.4, -0.2) is 28.8 Å². The summed E-state index contributed by atoms with van der Waals surface area (Å²) in [5, 5.41) is 15.7. The number of anilines is 1. The number of carbonyl (C=O) groups excluding carboxylic acids is 1. The van der Waals surface area contributed by atoms with Gasteiger partial charge < -0.3 is 5.32 Å². The van der Waals surface area contributed by atoms with Crippen molar-refractivity contribution < 1.29 is 9.72 Å². The van der Waals surface area contributed by atoms with Gasteiger partial charge in [-0.3, -0.25) is 19.8 Å². The summed E-state index contributed by atoms with van der Waals surface area (Å²) >= 11 is 1.76. The van der Waals surface area contributed by atoms with E-state index >= 15 is 0 Å². The maximum Gasteiger partial charge on any atom is 0.271 e. The zero-order valence-corrected chi connectivity index (χ0v) is 13.6. The molecule has 0 saturated carbocycles. The Hall–Kier alpha value is -2.25. The lowest BCUT2D eigenvalue weighted by molar-refractivity contribution is -0.384. The largest absolute Gasteiger partial charge is 0.324 e. The van der Waals surface area contributed by atoms with E-state index in [1.165, 1.54) is 22.6 Å². The number of non-ortho nitro benzene ring substituents is 1. The zero-order chi connectivity index (χ0) is 16.4. The molecule has 1 aliphatic rings. The van der Waals surface area contributed by atoms with Crippen LogP contribution in [0.25, 0.3) is 0 Å². The van der Waals surface area contributed by atoms with Crippen LogP contribution in [0.15, 0.2) is 29.6 Å². The average molecular weight is 331 g/mol. The van der Waals surface area contributed by atoms with Crippen LogP contribution in [0.2, 0.25) is 0 Å². The molecule has 0 atom stereocenters. The summed E-state index contributed by atoms with van der Waals surface area (Å²) < 4.78 is 0. The summed E-state index contributed by atoms with van der Waals surface area (Å²) in [5.74, 6) is -0.146. The average Bonchev–Trinajstić information content (AvgIpc) is 2.96. The number of fused-ring (bicyclic) bond motifs is 1. The summed E-state index contributed by atoms with van der Waals surface area (Å²) in [6.45, 7) is 3.74. The van der Waals surface area contributed by atoms with Crippen LogP contribution in [0.4, 0.5) is 11.4 Å². The minimum Gasteiger partial charge on any atom is -0.324 e. The highest BCUT2D eigenvalue weighted by Gasteiger charge is 2.20. The van der Waals surface area contributed by atoms with Crippen molar-refractivity contribution in [3.63, 3.8) is 0 Å². The lowest BCUT2D eigenvalue weighted by atomic mass is 10.1. The molecule has 0 radical (unpaired) electrons. The maximum absolute atomic E-state index is 12.2. The van der Waals surface area contributed by atoms with Gasteiger partial charge in [-0.15, -0.1) is 11.3 Å². The Morgan fingerprint density at radius 1 is 1.43 bits per heavy atom. The fraction of sp³-hybridized carbons (Fsp3) is 0.312. The number of aryl methyl sites for hydroxylation is 1. The highest BCUT2D eigenvalue weighted by molar-refractivity contribution is 7.10. The molecule has 0 saturated heterocycles. The van der Waals surface area contributed by atoms with E-state index in [0.29, 0.717) is 5.69 Å². The predicted octanol–water partition coefficient (Wildman–Crippen LogP) is 2.96. The second-order valence-corrected chi connectivity index (χ2v) is 6.63. The molecule has 0 aliphatic carbocycles. The van der Waals surface area contributed by atoms with Crippen LogP contribution in [0.5, 0.6) is 0 Å². The second kappa shape index (κ2) is 6.47. The molecule has 1 aromatic carbocycles. The van der Waals surface area contributed by atoms with Crippen molar-refractivity contribution in [2.24, 2.45) is 0 Å². The number of thiophene rings is 1. The molecule has 2 heterocycles. The van der Waals surface area contributed by atoms with Gasteiger partial charge in [0.2, 0.25) is 5.91 Å². The quantitative estimate of drug-likeness (QED) is 0.690. The van der Waals surface area contributed by atoms with E-state index in [0.717, 1.165) is 25.1 Å². The van der Waals surface area contributed by atoms with Gasteiger partial charge in [-0.1, -0.05) is 6.07 Å². The summed E-state index contributed by atoms with van der Waals surface area (Å²) in [4.78, 5) is 26.1. The minimum atomic E-state index is -0.460. The molecule has 3 rings (SSSR count). The first-order valence-electron chi connectivity index (χ1n) is 7.35. The Kier molecular flexibility index (Phi) is 4.40. The Bertz CT molecular complexity index is 757. The second-order valence-electron chi connectivity index (χ2n) is 5.63. The van der Waals surface area contributed by atoms with Crippen LogP contribution in [-0.2, 0) is 17.8 Å². The smallest absolute Gasteiger partial charge is 0.271 e. The monoisotopic (exact) mass is 331 g/mol.